The van der Waals surface area contributed by atoms with Crippen molar-refractivity contribution in [3.63, 3.8) is 0 Å². The topological polar surface area (TPSA) is 35.6 Å². The molecule has 0 aromatic rings. The van der Waals surface area contributed by atoms with Crippen LogP contribution in [-0.2, 0) is 4.79 Å². The highest BCUT2D eigenvalue weighted by Gasteiger charge is 2.31. The molecule has 78 valence electrons. The summed E-state index contributed by atoms with van der Waals surface area (Å²) in [7, 11) is 2.04. The van der Waals surface area contributed by atoms with Crippen LogP contribution in [0.3, 0.4) is 0 Å². The van der Waals surface area contributed by atoms with Gasteiger partial charge in [-0.25, -0.2) is 5.01 Å². The number of carbonyl (C=O) groups is 1. The molecule has 0 aliphatic carbocycles. The van der Waals surface area contributed by atoms with Gasteiger partial charge >= 0.3 is 0 Å². The highest BCUT2D eigenvalue weighted by Crippen LogP contribution is 2.26. The number of carbonyl (C=O) groups excluding carboxylic acids is 1. The van der Waals surface area contributed by atoms with Gasteiger partial charge in [0.25, 0.3) is 0 Å². The Hall–Kier alpha value is -1.03. The van der Waals surface area contributed by atoms with Gasteiger partial charge in [0.2, 0.25) is 5.91 Å². The maximum absolute atomic E-state index is 11.2. The van der Waals surface area contributed by atoms with Gasteiger partial charge in [-0.1, -0.05) is 0 Å². The molecule has 2 aliphatic rings. The molecule has 1 amide bonds. The van der Waals surface area contributed by atoms with Crippen LogP contribution < -0.4 is 5.43 Å². The van der Waals surface area contributed by atoms with Crippen molar-refractivity contribution in [2.45, 2.75) is 26.3 Å². The smallest absolute Gasteiger partial charge is 0.219 e. The molecule has 1 unspecified atom stereocenters. The molecular weight excluding hydrogens is 178 g/mol. The first kappa shape index (κ1) is 9.52. The average molecular weight is 195 g/mol. The van der Waals surface area contributed by atoms with Crippen LogP contribution in [0.5, 0.6) is 0 Å². The van der Waals surface area contributed by atoms with Crippen LogP contribution in [0, 0.1) is 0 Å². The molecule has 0 spiro atoms. The van der Waals surface area contributed by atoms with Gasteiger partial charge in [-0.2, -0.15) is 0 Å². The zero-order valence-electron chi connectivity index (χ0n) is 9.00. The van der Waals surface area contributed by atoms with Crippen LogP contribution in [0.1, 0.15) is 20.3 Å². The summed E-state index contributed by atoms with van der Waals surface area (Å²) in [5, 5.41) is 2.11. The molecule has 0 aromatic heterocycles. The monoisotopic (exact) mass is 195 g/mol. The lowest BCUT2D eigenvalue weighted by Crippen LogP contribution is -2.38. The molecule has 2 heterocycles. The lowest BCUT2D eigenvalue weighted by molar-refractivity contribution is -0.128. The standard InChI is InChI=1S/C10H17N3O/c1-7-9-4-5-13(8(2)14)6-10(9)11-12(7)3/h7,11H,4-6H2,1-3H3. The molecule has 0 bridgehead atoms. The Bertz CT molecular complexity index is 298. The van der Waals surface area contributed by atoms with Gasteiger partial charge in [0.1, 0.15) is 0 Å². The molecule has 4 heteroatoms. The number of hydrogen-bond donors (Lipinski definition) is 1. The predicted molar refractivity (Wildman–Crippen MR) is 54.3 cm³/mol. The Balaban J connectivity index is 2.14. The van der Waals surface area contributed by atoms with Crippen LogP contribution in [0.2, 0.25) is 0 Å². The Morgan fingerprint density at radius 3 is 2.93 bits per heavy atom. The summed E-state index contributed by atoms with van der Waals surface area (Å²) in [4.78, 5) is 13.1. The van der Waals surface area contributed by atoms with Crippen LogP contribution in [-0.4, -0.2) is 42.0 Å². The Morgan fingerprint density at radius 2 is 2.29 bits per heavy atom. The van der Waals surface area contributed by atoms with Gasteiger partial charge in [-0.05, 0) is 18.9 Å². The van der Waals surface area contributed by atoms with E-state index in [4.69, 9.17) is 0 Å². The second kappa shape index (κ2) is 3.28. The van der Waals surface area contributed by atoms with Crippen LogP contribution in [0.4, 0.5) is 0 Å². The summed E-state index contributed by atoms with van der Waals surface area (Å²) >= 11 is 0. The minimum absolute atomic E-state index is 0.167. The van der Waals surface area contributed by atoms with E-state index in [0.29, 0.717) is 6.04 Å². The summed E-state index contributed by atoms with van der Waals surface area (Å²) < 4.78 is 0. The van der Waals surface area contributed by atoms with Crippen LogP contribution in [0.25, 0.3) is 0 Å². The second-order valence-corrected chi connectivity index (χ2v) is 4.09. The molecule has 0 aromatic carbocycles. The minimum Gasteiger partial charge on any atom is -0.337 e. The van der Waals surface area contributed by atoms with Crippen molar-refractivity contribution in [2.24, 2.45) is 0 Å². The first-order valence-corrected chi connectivity index (χ1v) is 5.06. The normalized spacial score (nSPS) is 27.6. The van der Waals surface area contributed by atoms with Crippen LogP contribution in [0.15, 0.2) is 11.3 Å². The molecule has 4 nitrogen and oxygen atoms in total. The third-order valence-electron chi connectivity index (χ3n) is 3.23. The minimum atomic E-state index is 0.167. The van der Waals surface area contributed by atoms with Crippen LogP contribution >= 0.6 is 0 Å². The zero-order valence-corrected chi connectivity index (χ0v) is 9.00. The predicted octanol–water partition coefficient (Wildman–Crippen LogP) is 0.331. The fourth-order valence-electron chi connectivity index (χ4n) is 2.16. The summed E-state index contributed by atoms with van der Waals surface area (Å²) in [5.41, 5.74) is 6.00. The van der Waals surface area contributed by atoms with Crippen molar-refractivity contribution >= 4 is 5.91 Å². The molecule has 2 aliphatic heterocycles. The maximum atomic E-state index is 11.2. The molecule has 0 saturated heterocycles. The number of hydrazine groups is 1. The molecule has 0 radical (unpaired) electrons. The number of amides is 1. The van der Waals surface area contributed by atoms with E-state index in [2.05, 4.69) is 17.4 Å². The third kappa shape index (κ3) is 1.39. The Morgan fingerprint density at radius 1 is 1.57 bits per heavy atom. The largest absolute Gasteiger partial charge is 0.337 e. The van der Waals surface area contributed by atoms with E-state index in [0.717, 1.165) is 19.5 Å². The summed E-state index contributed by atoms with van der Waals surface area (Å²) in [6.07, 6.45) is 1.01. The first-order chi connectivity index (χ1) is 6.59. The molecule has 1 atom stereocenters. The highest BCUT2D eigenvalue weighted by molar-refractivity contribution is 5.73. The number of nitrogens with one attached hydrogen (secondary N) is 1. The SMILES string of the molecule is CC(=O)N1CCC2=C(C1)NN(C)C2C. The molecular formula is C10H17N3O. The van der Waals surface area contributed by atoms with E-state index in [1.165, 1.54) is 11.3 Å². The summed E-state index contributed by atoms with van der Waals surface area (Å²) in [5.74, 6) is 0.167. The van der Waals surface area contributed by atoms with Crippen molar-refractivity contribution < 1.29 is 4.79 Å². The van der Waals surface area contributed by atoms with Crippen molar-refractivity contribution in [3.8, 4) is 0 Å². The van der Waals surface area contributed by atoms with E-state index < -0.39 is 0 Å². The van der Waals surface area contributed by atoms with E-state index in [-0.39, 0.29) is 5.91 Å². The van der Waals surface area contributed by atoms with Gasteiger partial charge in [0, 0.05) is 32.3 Å². The van der Waals surface area contributed by atoms with Gasteiger partial charge in [0.15, 0.2) is 0 Å². The van der Waals surface area contributed by atoms with E-state index in [1.54, 1.807) is 6.92 Å². The van der Waals surface area contributed by atoms with Crippen molar-refractivity contribution in [2.75, 3.05) is 20.1 Å². The first-order valence-electron chi connectivity index (χ1n) is 5.06. The molecule has 14 heavy (non-hydrogen) atoms. The zero-order chi connectivity index (χ0) is 10.3. The Labute approximate surface area is 84.5 Å². The van der Waals surface area contributed by atoms with E-state index >= 15 is 0 Å². The summed E-state index contributed by atoms with van der Waals surface area (Å²) in [6.45, 7) is 5.44. The van der Waals surface area contributed by atoms with Gasteiger partial charge in [-0.3, -0.25) is 4.79 Å². The van der Waals surface area contributed by atoms with Gasteiger partial charge in [-0.15, -0.1) is 0 Å². The number of hydrogen-bond acceptors (Lipinski definition) is 3. The molecule has 1 N–H and O–H groups in total. The van der Waals surface area contributed by atoms with Gasteiger partial charge in [0.05, 0.1) is 6.54 Å². The van der Waals surface area contributed by atoms with Crippen molar-refractivity contribution in [1.82, 2.24) is 15.3 Å². The highest BCUT2D eigenvalue weighted by atomic mass is 16.2. The summed E-state index contributed by atoms with van der Waals surface area (Å²) in [6, 6.07) is 0.471. The van der Waals surface area contributed by atoms with E-state index in [9.17, 15) is 4.79 Å². The number of nitrogens with zero attached hydrogens (tertiary/aromatic N) is 2. The fraction of sp³-hybridized carbons (Fsp3) is 0.700. The maximum Gasteiger partial charge on any atom is 0.219 e. The molecule has 0 saturated carbocycles. The second-order valence-electron chi connectivity index (χ2n) is 4.09. The average Bonchev–Trinajstić information content (AvgIpc) is 2.42. The quantitative estimate of drug-likeness (QED) is 0.605. The fourth-order valence-corrected chi connectivity index (χ4v) is 2.16. The molecule has 2 rings (SSSR count). The molecule has 0 fully saturated rings. The van der Waals surface area contributed by atoms with Gasteiger partial charge < -0.3 is 10.3 Å². The van der Waals surface area contributed by atoms with Crippen molar-refractivity contribution in [3.05, 3.63) is 11.3 Å². The Kier molecular flexibility index (Phi) is 2.23. The van der Waals surface area contributed by atoms with E-state index in [1.807, 2.05) is 11.9 Å². The van der Waals surface area contributed by atoms with Crippen molar-refractivity contribution in [1.29, 1.82) is 0 Å². The number of likely N-dealkylation sites (N-methyl/N-ethyl adjacent to an activating group) is 1. The third-order valence-corrected chi connectivity index (χ3v) is 3.23. The lowest BCUT2D eigenvalue weighted by Gasteiger charge is -2.27. The number of rotatable bonds is 0. The lowest BCUT2D eigenvalue weighted by atomic mass is 10.0.